The highest BCUT2D eigenvalue weighted by molar-refractivity contribution is 7.88. The molecule has 1 fully saturated rings. The molecule has 25 heavy (non-hydrogen) atoms. The highest BCUT2D eigenvalue weighted by atomic mass is 35.5. The number of rotatable bonds is 7. The zero-order chi connectivity index (χ0) is 18.4. The second kappa shape index (κ2) is 9.21. The largest absolute Gasteiger partial charge is 0.356 e. The first kappa shape index (κ1) is 20.5. The lowest BCUT2D eigenvalue weighted by atomic mass is 9.97. The van der Waals surface area contributed by atoms with E-state index in [-0.39, 0.29) is 17.6 Å². The number of hydrogen-bond donors (Lipinski definition) is 1. The summed E-state index contributed by atoms with van der Waals surface area (Å²) >= 11 is 12.2. The third kappa shape index (κ3) is 5.58. The topological polar surface area (TPSA) is 66.5 Å². The van der Waals surface area contributed by atoms with Crippen LogP contribution in [0.1, 0.15) is 38.2 Å². The maximum Gasteiger partial charge on any atom is 0.223 e. The van der Waals surface area contributed by atoms with E-state index in [1.165, 1.54) is 4.31 Å². The van der Waals surface area contributed by atoms with Crippen molar-refractivity contribution in [2.75, 3.05) is 19.6 Å². The summed E-state index contributed by atoms with van der Waals surface area (Å²) in [6.45, 7) is 3.44. The van der Waals surface area contributed by atoms with Crippen LogP contribution in [0.15, 0.2) is 18.2 Å². The maximum absolute atomic E-state index is 12.7. The molecule has 1 saturated heterocycles. The number of amides is 1. The Balaban J connectivity index is 1.94. The molecule has 0 saturated carbocycles. The smallest absolute Gasteiger partial charge is 0.223 e. The minimum atomic E-state index is -3.52. The van der Waals surface area contributed by atoms with Crippen LogP contribution in [-0.4, -0.2) is 38.3 Å². The maximum atomic E-state index is 12.7. The van der Waals surface area contributed by atoms with Crippen molar-refractivity contribution < 1.29 is 13.2 Å². The van der Waals surface area contributed by atoms with Crippen LogP contribution in [0, 0.1) is 5.92 Å². The van der Waals surface area contributed by atoms with E-state index < -0.39 is 10.0 Å². The molecule has 0 radical (unpaired) electrons. The van der Waals surface area contributed by atoms with Gasteiger partial charge in [-0.05, 0) is 31.4 Å². The first-order chi connectivity index (χ1) is 11.8. The van der Waals surface area contributed by atoms with Gasteiger partial charge in [-0.2, -0.15) is 0 Å². The molecule has 0 bridgehead atoms. The number of nitrogens with one attached hydrogen (secondary N) is 1. The first-order valence-electron chi connectivity index (χ1n) is 8.53. The van der Waals surface area contributed by atoms with Crippen LogP contribution in [0.2, 0.25) is 10.0 Å². The van der Waals surface area contributed by atoms with Crippen molar-refractivity contribution >= 4 is 39.1 Å². The number of benzene rings is 1. The molecule has 1 N–H and O–H groups in total. The minimum absolute atomic E-state index is 0.0275. The van der Waals surface area contributed by atoms with E-state index in [4.69, 9.17) is 23.2 Å². The Morgan fingerprint density at radius 2 is 1.84 bits per heavy atom. The van der Waals surface area contributed by atoms with Crippen LogP contribution >= 0.6 is 23.2 Å². The molecule has 1 aliphatic heterocycles. The van der Waals surface area contributed by atoms with Gasteiger partial charge in [0.25, 0.3) is 0 Å². The van der Waals surface area contributed by atoms with Crippen molar-refractivity contribution in [1.82, 2.24) is 9.62 Å². The molecule has 0 aromatic heterocycles. The quantitative estimate of drug-likeness (QED) is 0.704. The van der Waals surface area contributed by atoms with Crippen molar-refractivity contribution in [1.29, 1.82) is 0 Å². The molecule has 5 nitrogen and oxygen atoms in total. The molecule has 1 aromatic rings. The Kier molecular flexibility index (Phi) is 7.55. The van der Waals surface area contributed by atoms with Crippen LogP contribution in [0.4, 0.5) is 0 Å². The van der Waals surface area contributed by atoms with Crippen molar-refractivity contribution in [2.24, 2.45) is 5.92 Å². The number of halogens is 2. The summed E-state index contributed by atoms with van der Waals surface area (Å²) < 4.78 is 26.7. The Bertz CT molecular complexity index is 682. The molecular weight excluding hydrogens is 383 g/mol. The first-order valence-corrected chi connectivity index (χ1v) is 10.9. The van der Waals surface area contributed by atoms with Gasteiger partial charge in [0.2, 0.25) is 15.9 Å². The average Bonchev–Trinajstić information content (AvgIpc) is 2.58. The lowest BCUT2D eigenvalue weighted by Gasteiger charge is -2.30. The Morgan fingerprint density at radius 1 is 1.24 bits per heavy atom. The van der Waals surface area contributed by atoms with E-state index in [1.54, 1.807) is 18.2 Å². The van der Waals surface area contributed by atoms with E-state index in [1.807, 2.05) is 0 Å². The fraction of sp³-hybridized carbons (Fsp3) is 0.588. The van der Waals surface area contributed by atoms with E-state index in [9.17, 15) is 13.2 Å². The van der Waals surface area contributed by atoms with Gasteiger partial charge in [-0.3, -0.25) is 4.79 Å². The van der Waals surface area contributed by atoms with E-state index in [2.05, 4.69) is 12.2 Å². The standard InChI is InChI=1S/C17H24Cl2N2O3S/c1-2-3-9-20-17(22)13-7-10-21(11-8-13)25(23,24)12-14-15(18)5-4-6-16(14)19/h4-6,13H,2-3,7-12H2,1H3,(H,20,22). The van der Waals surface area contributed by atoms with Gasteiger partial charge in [-0.25, -0.2) is 12.7 Å². The van der Waals surface area contributed by atoms with Crippen molar-refractivity contribution in [3.63, 3.8) is 0 Å². The van der Waals surface area contributed by atoms with Crippen LogP contribution in [0.5, 0.6) is 0 Å². The van der Waals surface area contributed by atoms with Gasteiger partial charge in [0, 0.05) is 41.2 Å². The second-order valence-corrected chi connectivity index (χ2v) is 9.06. The molecule has 0 unspecified atom stereocenters. The highest BCUT2D eigenvalue weighted by Crippen LogP contribution is 2.28. The Hall–Kier alpha value is -0.820. The molecule has 1 aromatic carbocycles. The summed E-state index contributed by atoms with van der Waals surface area (Å²) in [5.41, 5.74) is 0.422. The van der Waals surface area contributed by atoms with Crippen LogP contribution in [-0.2, 0) is 20.6 Å². The number of piperidine rings is 1. The molecule has 2 rings (SSSR count). The number of nitrogens with zero attached hydrogens (tertiary/aromatic N) is 1. The SMILES string of the molecule is CCCCNC(=O)C1CCN(S(=O)(=O)Cc2c(Cl)cccc2Cl)CC1. The van der Waals surface area contributed by atoms with E-state index in [0.29, 0.717) is 48.1 Å². The van der Waals surface area contributed by atoms with Gasteiger partial charge in [0.1, 0.15) is 0 Å². The molecule has 0 spiro atoms. The van der Waals surface area contributed by atoms with Gasteiger partial charge in [-0.15, -0.1) is 0 Å². The predicted molar refractivity (Wildman–Crippen MR) is 101 cm³/mol. The highest BCUT2D eigenvalue weighted by Gasteiger charge is 2.31. The summed E-state index contributed by atoms with van der Waals surface area (Å²) in [6.07, 6.45) is 3.06. The normalized spacial score (nSPS) is 16.8. The predicted octanol–water partition coefficient (Wildman–Crippen LogP) is 3.45. The molecule has 1 aliphatic rings. The van der Waals surface area contributed by atoms with Gasteiger partial charge >= 0.3 is 0 Å². The zero-order valence-corrected chi connectivity index (χ0v) is 16.6. The van der Waals surface area contributed by atoms with Gasteiger partial charge in [0.05, 0.1) is 5.75 Å². The molecule has 8 heteroatoms. The average molecular weight is 407 g/mol. The fourth-order valence-corrected chi connectivity index (χ4v) is 5.19. The van der Waals surface area contributed by atoms with Crippen molar-refractivity contribution in [2.45, 2.75) is 38.4 Å². The lowest BCUT2D eigenvalue weighted by Crippen LogP contribution is -2.43. The number of carbonyl (C=O) groups excluding carboxylic acids is 1. The van der Waals surface area contributed by atoms with Crippen LogP contribution in [0.25, 0.3) is 0 Å². The fourth-order valence-electron chi connectivity index (χ4n) is 2.87. The lowest BCUT2D eigenvalue weighted by molar-refractivity contribution is -0.126. The summed E-state index contributed by atoms with van der Waals surface area (Å²) in [4.78, 5) is 12.1. The Labute approximate surface area is 159 Å². The van der Waals surface area contributed by atoms with E-state index in [0.717, 1.165) is 12.8 Å². The van der Waals surface area contributed by atoms with Crippen LogP contribution in [0.3, 0.4) is 0 Å². The zero-order valence-electron chi connectivity index (χ0n) is 14.3. The van der Waals surface area contributed by atoms with Gasteiger partial charge in [-0.1, -0.05) is 42.6 Å². The Morgan fingerprint density at radius 3 is 2.40 bits per heavy atom. The summed E-state index contributed by atoms with van der Waals surface area (Å²) in [7, 11) is -3.52. The van der Waals surface area contributed by atoms with Gasteiger partial charge in [0.15, 0.2) is 0 Å². The molecule has 1 amide bonds. The third-order valence-electron chi connectivity index (χ3n) is 4.44. The molecule has 140 valence electrons. The monoisotopic (exact) mass is 406 g/mol. The molecule has 0 aliphatic carbocycles. The van der Waals surface area contributed by atoms with Crippen molar-refractivity contribution in [3.8, 4) is 0 Å². The van der Waals surface area contributed by atoms with E-state index >= 15 is 0 Å². The van der Waals surface area contributed by atoms with Gasteiger partial charge < -0.3 is 5.32 Å². The number of unbranched alkanes of at least 4 members (excludes halogenated alkanes) is 1. The molecule has 1 heterocycles. The third-order valence-corrected chi connectivity index (χ3v) is 6.95. The molecular formula is C17H24Cl2N2O3S. The summed E-state index contributed by atoms with van der Waals surface area (Å²) in [5.74, 6) is -0.314. The van der Waals surface area contributed by atoms with Crippen LogP contribution < -0.4 is 5.32 Å². The number of carbonyl (C=O) groups is 1. The summed E-state index contributed by atoms with van der Waals surface area (Å²) in [5, 5.41) is 3.62. The number of hydrogen-bond acceptors (Lipinski definition) is 3. The number of sulfonamides is 1. The summed E-state index contributed by atoms with van der Waals surface area (Å²) in [6, 6.07) is 4.94. The van der Waals surface area contributed by atoms with Crippen molar-refractivity contribution in [3.05, 3.63) is 33.8 Å². The second-order valence-electron chi connectivity index (χ2n) is 6.27. The minimum Gasteiger partial charge on any atom is -0.356 e. The molecule has 0 atom stereocenters.